The Labute approximate surface area is 47.8 Å². The average Bonchev–Trinajstić information content (AvgIpc) is 1.00. The summed E-state index contributed by atoms with van der Waals surface area (Å²) in [6.07, 6.45) is 0. The SMILES string of the molecule is O.O.O.O.[Cl][Fe]. The second-order valence-electron chi connectivity index (χ2n) is 0. The Hall–Kier alpha value is 0.649. The monoisotopic (exact) mass is 163 g/mol. The predicted octanol–water partition coefficient (Wildman–Crippen LogP) is -2.61. The molecule has 0 aliphatic rings. The van der Waals surface area contributed by atoms with E-state index in [2.05, 4.69) is 25.2 Å². The Morgan fingerprint density at radius 1 is 0.667 bits per heavy atom. The standard InChI is InChI=1S/ClH.Fe.4H2O/h1H;;4*1H2/q;+1;;;;/p-1. The first-order valence-corrected chi connectivity index (χ1v) is 1.65. The van der Waals surface area contributed by atoms with Crippen molar-refractivity contribution in [2.24, 2.45) is 0 Å². The van der Waals surface area contributed by atoms with Crippen LogP contribution in [0.4, 0.5) is 0 Å². The molecule has 8 N–H and O–H groups in total. The molecule has 0 unspecified atom stereocenters. The summed E-state index contributed by atoms with van der Waals surface area (Å²) < 4.78 is 0. The van der Waals surface area contributed by atoms with E-state index in [-0.39, 0.29) is 21.9 Å². The maximum absolute atomic E-state index is 4.39. The fourth-order valence-corrected chi connectivity index (χ4v) is 0. The van der Waals surface area contributed by atoms with Crippen LogP contribution in [0.5, 0.6) is 0 Å². The van der Waals surface area contributed by atoms with Crippen LogP contribution in [0.15, 0.2) is 0 Å². The topological polar surface area (TPSA) is 126 Å². The van der Waals surface area contributed by atoms with Gasteiger partial charge in [-0.15, -0.1) is 0 Å². The van der Waals surface area contributed by atoms with Crippen LogP contribution in [-0.4, -0.2) is 21.9 Å². The molecule has 0 radical (unpaired) electrons. The first-order valence-electron chi connectivity index (χ1n) is 0.134. The van der Waals surface area contributed by atoms with Crippen LogP contribution < -0.4 is 0 Å². The van der Waals surface area contributed by atoms with E-state index in [1.165, 1.54) is 0 Å². The zero-order valence-corrected chi connectivity index (χ0v) is 4.59. The normalized spacial score (nSPS) is 1.00. The number of hydrogen-bond acceptors (Lipinski definition) is 0. The van der Waals surface area contributed by atoms with E-state index in [1.54, 1.807) is 0 Å². The first-order chi connectivity index (χ1) is 1.00. The average molecular weight is 163 g/mol. The molecule has 0 amide bonds. The Morgan fingerprint density at radius 3 is 0.667 bits per heavy atom. The minimum atomic E-state index is 0. The molecule has 0 aromatic heterocycles. The minimum absolute atomic E-state index is 0. The zero-order valence-electron chi connectivity index (χ0n) is 2.73. The van der Waals surface area contributed by atoms with Gasteiger partial charge in [-0.25, -0.2) is 0 Å². The summed E-state index contributed by atoms with van der Waals surface area (Å²) in [4.78, 5) is 0. The van der Waals surface area contributed by atoms with Crippen molar-refractivity contribution < 1.29 is 37.0 Å². The molecule has 4 nitrogen and oxygen atoms in total. The third kappa shape index (κ3) is 147. The number of rotatable bonds is 0. The molecule has 6 heavy (non-hydrogen) atoms. The van der Waals surface area contributed by atoms with Crippen molar-refractivity contribution in [1.29, 1.82) is 0 Å². The van der Waals surface area contributed by atoms with Gasteiger partial charge in [0.25, 0.3) is 0 Å². The summed E-state index contributed by atoms with van der Waals surface area (Å²) >= 11 is 2.72. The van der Waals surface area contributed by atoms with Gasteiger partial charge in [0.15, 0.2) is 0 Å². The molecule has 0 aliphatic heterocycles. The van der Waals surface area contributed by atoms with Gasteiger partial charge < -0.3 is 21.9 Å². The van der Waals surface area contributed by atoms with Gasteiger partial charge in [-0.1, -0.05) is 0 Å². The van der Waals surface area contributed by atoms with Crippen molar-refractivity contribution >= 4 is 10.1 Å². The van der Waals surface area contributed by atoms with Gasteiger partial charge in [0, 0.05) is 0 Å². The summed E-state index contributed by atoms with van der Waals surface area (Å²) in [6, 6.07) is 0. The third-order valence-electron chi connectivity index (χ3n) is 0. The van der Waals surface area contributed by atoms with Crippen LogP contribution >= 0.6 is 10.1 Å². The summed E-state index contributed by atoms with van der Waals surface area (Å²) in [5.41, 5.74) is 0. The van der Waals surface area contributed by atoms with Gasteiger partial charge in [0.1, 0.15) is 0 Å². The number of hydrogen-bond donors (Lipinski definition) is 0. The molecular weight excluding hydrogens is 155 g/mol. The molecule has 0 bridgehead atoms. The molecule has 47 valence electrons. The quantitative estimate of drug-likeness (QED) is 0.347. The van der Waals surface area contributed by atoms with Crippen molar-refractivity contribution in [3.8, 4) is 0 Å². The van der Waals surface area contributed by atoms with Crippen molar-refractivity contribution in [1.82, 2.24) is 0 Å². The molecule has 0 saturated carbocycles. The molecule has 0 fully saturated rings. The Morgan fingerprint density at radius 2 is 0.667 bits per heavy atom. The fraction of sp³-hybridized carbons (Fsp3) is 0. The van der Waals surface area contributed by atoms with Gasteiger partial charge >= 0.3 is 25.2 Å². The molecule has 0 saturated heterocycles. The van der Waals surface area contributed by atoms with Crippen LogP contribution in [0.25, 0.3) is 0 Å². The van der Waals surface area contributed by atoms with E-state index in [1.807, 2.05) is 0 Å². The van der Waals surface area contributed by atoms with Crippen molar-refractivity contribution in [2.45, 2.75) is 0 Å². The molecule has 0 atom stereocenters. The predicted molar refractivity (Wildman–Crippen MR) is 20.3 cm³/mol. The van der Waals surface area contributed by atoms with E-state index in [0.717, 1.165) is 0 Å². The summed E-state index contributed by atoms with van der Waals surface area (Å²) in [7, 11) is 4.39. The van der Waals surface area contributed by atoms with Crippen molar-refractivity contribution in [3.63, 3.8) is 0 Å². The van der Waals surface area contributed by atoms with Crippen molar-refractivity contribution in [2.75, 3.05) is 0 Å². The molecular formula is H8ClFeO4. The Bertz CT molecular complexity index is 7.51. The van der Waals surface area contributed by atoms with E-state index >= 15 is 0 Å². The second kappa shape index (κ2) is 290. The fourth-order valence-electron chi connectivity index (χ4n) is 0. The molecule has 0 spiro atoms. The van der Waals surface area contributed by atoms with Gasteiger partial charge in [-0.2, -0.15) is 0 Å². The van der Waals surface area contributed by atoms with Crippen LogP contribution in [-0.2, 0) is 15.1 Å². The Balaban J connectivity index is -0.000000000833. The van der Waals surface area contributed by atoms with E-state index in [0.29, 0.717) is 0 Å². The van der Waals surface area contributed by atoms with Crippen LogP contribution in [0.2, 0.25) is 0 Å². The third-order valence-corrected chi connectivity index (χ3v) is 0. The van der Waals surface area contributed by atoms with Gasteiger partial charge in [0.2, 0.25) is 0 Å². The zero-order chi connectivity index (χ0) is 2.00. The van der Waals surface area contributed by atoms with E-state index < -0.39 is 0 Å². The van der Waals surface area contributed by atoms with Crippen LogP contribution in [0.1, 0.15) is 0 Å². The maximum atomic E-state index is 4.39. The molecule has 6 heteroatoms. The molecule has 0 heterocycles. The first kappa shape index (κ1) is 78.0. The number of halogens is 1. The molecule has 0 aromatic carbocycles. The van der Waals surface area contributed by atoms with Gasteiger partial charge in [0.05, 0.1) is 0 Å². The van der Waals surface area contributed by atoms with Gasteiger partial charge in [-0.05, 0) is 0 Å². The summed E-state index contributed by atoms with van der Waals surface area (Å²) in [5.74, 6) is 0. The van der Waals surface area contributed by atoms with Crippen LogP contribution in [0.3, 0.4) is 0 Å². The Kier molecular flexibility index (Phi) is 3760. The van der Waals surface area contributed by atoms with Crippen molar-refractivity contribution in [3.05, 3.63) is 0 Å². The van der Waals surface area contributed by atoms with E-state index in [9.17, 15) is 0 Å². The summed E-state index contributed by atoms with van der Waals surface area (Å²) in [5, 5.41) is 0. The second-order valence-corrected chi connectivity index (χ2v) is 0. The van der Waals surface area contributed by atoms with E-state index in [4.69, 9.17) is 0 Å². The molecule has 0 aliphatic carbocycles. The molecule has 0 rings (SSSR count). The van der Waals surface area contributed by atoms with Crippen LogP contribution in [0, 0.1) is 0 Å². The summed E-state index contributed by atoms with van der Waals surface area (Å²) in [6.45, 7) is 0. The molecule has 0 aromatic rings. The van der Waals surface area contributed by atoms with Gasteiger partial charge in [-0.3, -0.25) is 0 Å².